The second kappa shape index (κ2) is 7.98. The Bertz CT molecular complexity index is 910. The van der Waals surface area contributed by atoms with E-state index in [2.05, 4.69) is 10.00 Å². The molecule has 27 heavy (non-hydrogen) atoms. The van der Waals surface area contributed by atoms with E-state index in [-0.39, 0.29) is 11.9 Å². The zero-order chi connectivity index (χ0) is 18.6. The summed E-state index contributed by atoms with van der Waals surface area (Å²) in [6, 6.07) is 12.7. The van der Waals surface area contributed by atoms with Crippen LogP contribution in [0.25, 0.3) is 0 Å². The second-order valence-corrected chi connectivity index (χ2v) is 6.94. The number of aromatic nitrogens is 3. The van der Waals surface area contributed by atoms with E-state index in [1.165, 1.54) is 11.6 Å². The molecular formula is C21H23FN4O. The number of pyridine rings is 1. The summed E-state index contributed by atoms with van der Waals surface area (Å²) >= 11 is 0. The predicted molar refractivity (Wildman–Crippen MR) is 101 cm³/mol. The highest BCUT2D eigenvalue weighted by Crippen LogP contribution is 2.23. The molecule has 1 aromatic carbocycles. The number of hydrogen-bond acceptors (Lipinski definition) is 4. The average Bonchev–Trinajstić information content (AvgIpc) is 3.09. The topological polar surface area (TPSA) is 43.2 Å². The van der Waals surface area contributed by atoms with Crippen molar-refractivity contribution in [3.05, 3.63) is 83.2 Å². The van der Waals surface area contributed by atoms with Crippen molar-refractivity contribution >= 4 is 0 Å². The van der Waals surface area contributed by atoms with Crippen molar-refractivity contribution in [3.8, 4) is 0 Å². The number of aryl methyl sites for hydroxylation is 1. The summed E-state index contributed by atoms with van der Waals surface area (Å²) in [5, 5.41) is 4.23. The minimum atomic E-state index is -0.193. The Labute approximate surface area is 158 Å². The Morgan fingerprint density at radius 2 is 2.07 bits per heavy atom. The van der Waals surface area contributed by atoms with Crippen LogP contribution in [0.5, 0.6) is 0 Å². The molecule has 2 aromatic heterocycles. The minimum absolute atomic E-state index is 0.0732. The summed E-state index contributed by atoms with van der Waals surface area (Å²) in [4.78, 5) is 7.10. The lowest BCUT2D eigenvalue weighted by Crippen LogP contribution is -2.38. The van der Waals surface area contributed by atoms with Gasteiger partial charge in [0.1, 0.15) is 11.9 Å². The number of nitrogens with zero attached hydrogens (tertiary/aromatic N) is 4. The van der Waals surface area contributed by atoms with Crippen LogP contribution in [0.2, 0.25) is 0 Å². The minimum Gasteiger partial charge on any atom is -0.369 e. The molecule has 0 N–H and O–H groups in total. The number of morpholine rings is 1. The Kier molecular flexibility index (Phi) is 5.27. The zero-order valence-corrected chi connectivity index (χ0v) is 15.4. The maximum Gasteiger partial charge on any atom is 0.126 e. The molecule has 1 aliphatic rings. The van der Waals surface area contributed by atoms with E-state index in [4.69, 9.17) is 9.72 Å². The summed E-state index contributed by atoms with van der Waals surface area (Å²) < 4.78 is 21.7. The van der Waals surface area contributed by atoms with Crippen LogP contribution in [0.3, 0.4) is 0 Å². The van der Waals surface area contributed by atoms with Gasteiger partial charge >= 0.3 is 0 Å². The fourth-order valence-corrected chi connectivity index (χ4v) is 3.45. The molecule has 5 nitrogen and oxygen atoms in total. The normalized spacial score (nSPS) is 17.9. The van der Waals surface area contributed by atoms with Crippen LogP contribution >= 0.6 is 0 Å². The van der Waals surface area contributed by atoms with Gasteiger partial charge in [0.2, 0.25) is 0 Å². The van der Waals surface area contributed by atoms with Crippen LogP contribution in [-0.2, 0) is 24.8 Å². The fraction of sp³-hybridized carbons (Fsp3) is 0.333. The van der Waals surface area contributed by atoms with Gasteiger partial charge in [-0.2, -0.15) is 5.10 Å². The van der Waals surface area contributed by atoms with Crippen LogP contribution in [0.4, 0.5) is 4.39 Å². The number of hydrogen-bond donors (Lipinski definition) is 0. The number of ether oxygens (including phenoxy) is 1. The molecule has 0 amide bonds. The standard InChI is InChI=1S/C21H23FN4O/c1-25-13-16(12-23-25)14-26-9-10-27-21(15-26)20-8-4-6-18(24-20)11-17-5-2-3-7-19(17)22/h2-8,12-13,21H,9-11,14-15H2,1H3/t21-/m0/s1. The third-order valence-electron chi connectivity index (χ3n) is 4.80. The molecular weight excluding hydrogens is 343 g/mol. The van der Waals surface area contributed by atoms with Crippen LogP contribution in [0.1, 0.15) is 28.6 Å². The molecule has 1 fully saturated rings. The monoisotopic (exact) mass is 366 g/mol. The first-order valence-corrected chi connectivity index (χ1v) is 9.18. The number of benzene rings is 1. The van der Waals surface area contributed by atoms with Gasteiger partial charge in [-0.25, -0.2) is 4.39 Å². The van der Waals surface area contributed by atoms with Gasteiger partial charge in [-0.05, 0) is 23.8 Å². The molecule has 0 unspecified atom stereocenters. The van der Waals surface area contributed by atoms with Gasteiger partial charge in [0.25, 0.3) is 0 Å². The van der Waals surface area contributed by atoms with E-state index in [1.54, 1.807) is 12.1 Å². The quantitative estimate of drug-likeness (QED) is 0.696. The van der Waals surface area contributed by atoms with E-state index in [0.29, 0.717) is 18.6 Å². The van der Waals surface area contributed by atoms with Gasteiger partial charge < -0.3 is 4.74 Å². The van der Waals surface area contributed by atoms with Crippen molar-refractivity contribution in [2.75, 3.05) is 19.7 Å². The summed E-state index contributed by atoms with van der Waals surface area (Å²) in [6.07, 6.45) is 4.35. The Morgan fingerprint density at radius 1 is 1.19 bits per heavy atom. The van der Waals surface area contributed by atoms with E-state index < -0.39 is 0 Å². The first kappa shape index (κ1) is 17.8. The largest absolute Gasteiger partial charge is 0.369 e. The molecule has 3 aromatic rings. The maximum absolute atomic E-state index is 13.9. The molecule has 6 heteroatoms. The molecule has 0 radical (unpaired) electrons. The van der Waals surface area contributed by atoms with Crippen molar-refractivity contribution < 1.29 is 9.13 Å². The zero-order valence-electron chi connectivity index (χ0n) is 15.4. The summed E-state index contributed by atoms with van der Waals surface area (Å²) in [6.45, 7) is 3.19. The Hall–Kier alpha value is -2.57. The van der Waals surface area contributed by atoms with Crippen molar-refractivity contribution in [2.45, 2.75) is 19.1 Å². The first-order chi connectivity index (χ1) is 13.2. The van der Waals surface area contributed by atoms with Crippen molar-refractivity contribution in [1.29, 1.82) is 0 Å². The van der Waals surface area contributed by atoms with Gasteiger partial charge in [-0.15, -0.1) is 0 Å². The summed E-state index contributed by atoms with van der Waals surface area (Å²) in [5.74, 6) is -0.193. The van der Waals surface area contributed by atoms with Gasteiger partial charge in [-0.1, -0.05) is 24.3 Å². The molecule has 0 spiro atoms. The molecule has 1 aliphatic heterocycles. The van der Waals surface area contributed by atoms with Crippen LogP contribution < -0.4 is 0 Å². The molecule has 1 saturated heterocycles. The Morgan fingerprint density at radius 3 is 2.89 bits per heavy atom. The average molecular weight is 366 g/mol. The van der Waals surface area contributed by atoms with E-state index in [9.17, 15) is 4.39 Å². The molecule has 0 bridgehead atoms. The highest BCUT2D eigenvalue weighted by molar-refractivity contribution is 5.25. The van der Waals surface area contributed by atoms with E-state index in [1.807, 2.05) is 48.4 Å². The van der Waals surface area contributed by atoms with Crippen LogP contribution in [0, 0.1) is 5.82 Å². The Balaban J connectivity index is 1.45. The molecule has 4 rings (SSSR count). The van der Waals surface area contributed by atoms with Crippen molar-refractivity contribution in [3.63, 3.8) is 0 Å². The summed E-state index contributed by atoms with van der Waals surface area (Å²) in [7, 11) is 1.93. The lowest BCUT2D eigenvalue weighted by molar-refractivity contribution is -0.0350. The number of rotatable bonds is 5. The molecule has 0 aliphatic carbocycles. The van der Waals surface area contributed by atoms with Gasteiger partial charge in [0, 0.05) is 50.6 Å². The smallest absolute Gasteiger partial charge is 0.126 e. The van der Waals surface area contributed by atoms with Crippen LogP contribution in [0.15, 0.2) is 54.9 Å². The van der Waals surface area contributed by atoms with E-state index in [0.717, 1.165) is 31.0 Å². The third-order valence-corrected chi connectivity index (χ3v) is 4.80. The lowest BCUT2D eigenvalue weighted by Gasteiger charge is -2.32. The third kappa shape index (κ3) is 4.40. The maximum atomic E-state index is 13.9. The van der Waals surface area contributed by atoms with Crippen molar-refractivity contribution in [1.82, 2.24) is 19.7 Å². The second-order valence-electron chi connectivity index (χ2n) is 6.94. The SMILES string of the molecule is Cn1cc(CN2CCO[C@H](c3cccc(Cc4ccccc4F)n3)C2)cn1. The molecule has 0 saturated carbocycles. The first-order valence-electron chi connectivity index (χ1n) is 9.18. The molecule has 3 heterocycles. The van der Waals surface area contributed by atoms with Gasteiger partial charge in [0.05, 0.1) is 18.5 Å². The molecule has 140 valence electrons. The summed E-state index contributed by atoms with van der Waals surface area (Å²) in [5.41, 5.74) is 3.61. The lowest BCUT2D eigenvalue weighted by atomic mass is 10.1. The fourth-order valence-electron chi connectivity index (χ4n) is 3.45. The predicted octanol–water partition coefficient (Wildman–Crippen LogP) is 3.12. The number of halogens is 1. The highest BCUT2D eigenvalue weighted by Gasteiger charge is 2.23. The van der Waals surface area contributed by atoms with E-state index >= 15 is 0 Å². The van der Waals surface area contributed by atoms with Gasteiger partial charge in [0.15, 0.2) is 0 Å². The van der Waals surface area contributed by atoms with Crippen LogP contribution in [-0.4, -0.2) is 39.4 Å². The van der Waals surface area contributed by atoms with Gasteiger partial charge in [-0.3, -0.25) is 14.6 Å². The van der Waals surface area contributed by atoms with Crippen molar-refractivity contribution in [2.24, 2.45) is 7.05 Å². The molecule has 1 atom stereocenters. The highest BCUT2D eigenvalue weighted by atomic mass is 19.1.